The predicted molar refractivity (Wildman–Crippen MR) is 205 cm³/mol. The van der Waals surface area contributed by atoms with Crippen LogP contribution >= 0.6 is 0 Å². The molecule has 0 spiro atoms. The van der Waals surface area contributed by atoms with Gasteiger partial charge in [-0.15, -0.1) is 0 Å². The van der Waals surface area contributed by atoms with Crippen molar-refractivity contribution in [2.24, 2.45) is 4.99 Å². The number of rotatable bonds is 19. The standard InChI is InChI=1S/C35H44N2O14S4/c1-34(18-9-21-52(40,41)42)27-23-25(54(46,47)48)14-16-29(27)36-31(34)11-5-3-6-12-32-35(2,19-10-22-53(43,44)45)28-24-26(55(49,50)51)15-17-30(28)37(32)20-8-4-7-13-33(38)39/h3,5-6,11-12,14-17,23-24H,4,7-10,13,18-22H2,1-2H3,(H,38,39)(H,40,41,42)(H,43,44,45)(H,46,47,48)(H,49,50,51)/b6-3+,11-5+,32-12+. The van der Waals surface area contributed by atoms with Crippen LogP contribution in [0.25, 0.3) is 0 Å². The molecule has 0 bridgehead atoms. The zero-order valence-electron chi connectivity index (χ0n) is 30.1. The second kappa shape index (κ2) is 16.8. The van der Waals surface area contributed by atoms with Crippen molar-refractivity contribution in [2.75, 3.05) is 23.0 Å². The topological polar surface area (TPSA) is 270 Å². The Hall–Kier alpha value is -3.76. The molecule has 302 valence electrons. The molecule has 5 N–H and O–H groups in total. The number of carboxylic acid groups (broad SMARTS) is 1. The molecule has 55 heavy (non-hydrogen) atoms. The van der Waals surface area contributed by atoms with Crippen LogP contribution in [0.3, 0.4) is 0 Å². The number of nitrogens with zero attached hydrogens (tertiary/aromatic N) is 2. The maximum atomic E-state index is 12.1. The van der Waals surface area contributed by atoms with Gasteiger partial charge in [-0.1, -0.05) is 24.6 Å². The van der Waals surface area contributed by atoms with Gasteiger partial charge < -0.3 is 10.0 Å². The second-order valence-electron chi connectivity index (χ2n) is 13.9. The maximum absolute atomic E-state index is 12.1. The third-order valence-corrected chi connectivity index (χ3v) is 13.1. The molecule has 0 radical (unpaired) electrons. The number of fused-ring (bicyclic) bond motifs is 2. The van der Waals surface area contributed by atoms with Gasteiger partial charge in [-0.2, -0.15) is 33.7 Å². The minimum atomic E-state index is -4.62. The molecule has 2 aliphatic rings. The molecule has 20 heteroatoms. The Morgan fingerprint density at radius 2 is 1.27 bits per heavy atom. The van der Waals surface area contributed by atoms with Crippen LogP contribution in [0.4, 0.5) is 11.4 Å². The van der Waals surface area contributed by atoms with Crippen molar-refractivity contribution in [3.05, 3.63) is 83.6 Å². The molecule has 2 aromatic carbocycles. The highest BCUT2D eigenvalue weighted by Crippen LogP contribution is 2.51. The number of allylic oxidation sites excluding steroid dienone is 6. The third-order valence-electron chi connectivity index (χ3n) is 9.83. The van der Waals surface area contributed by atoms with Crippen LogP contribution in [0.15, 0.2) is 87.3 Å². The minimum Gasteiger partial charge on any atom is -0.481 e. The summed E-state index contributed by atoms with van der Waals surface area (Å²) in [6.07, 6.45) is 10.1. The number of carboxylic acids is 1. The van der Waals surface area contributed by atoms with E-state index in [2.05, 4.69) is 4.99 Å². The fourth-order valence-corrected chi connectivity index (χ4v) is 9.11. The molecule has 0 aromatic heterocycles. The van der Waals surface area contributed by atoms with Crippen molar-refractivity contribution < 1.29 is 61.8 Å². The molecule has 2 aromatic rings. The van der Waals surface area contributed by atoms with Gasteiger partial charge >= 0.3 is 5.97 Å². The highest BCUT2D eigenvalue weighted by molar-refractivity contribution is 7.86. The zero-order valence-corrected chi connectivity index (χ0v) is 33.3. The van der Waals surface area contributed by atoms with Gasteiger partial charge in [0.2, 0.25) is 0 Å². The summed E-state index contributed by atoms with van der Waals surface area (Å²) in [6, 6.07) is 7.99. The quantitative estimate of drug-likeness (QED) is 0.0684. The monoisotopic (exact) mass is 844 g/mol. The molecule has 2 atom stereocenters. The van der Waals surface area contributed by atoms with E-state index < -0.39 is 68.8 Å². The van der Waals surface area contributed by atoms with E-state index in [1.54, 1.807) is 44.2 Å². The van der Waals surface area contributed by atoms with Crippen molar-refractivity contribution >= 4 is 63.5 Å². The minimum absolute atomic E-state index is 0.00182. The van der Waals surface area contributed by atoms with E-state index in [4.69, 9.17) is 5.11 Å². The largest absolute Gasteiger partial charge is 0.481 e. The second-order valence-corrected chi connectivity index (χ2v) is 19.9. The number of carbonyl (C=O) groups is 1. The van der Waals surface area contributed by atoms with Crippen LogP contribution in [-0.2, 0) is 56.1 Å². The fraction of sp³-hybridized carbons (Fsp3) is 0.429. The summed E-state index contributed by atoms with van der Waals surface area (Å²) in [5, 5.41) is 9.06. The molecular weight excluding hydrogens is 801 g/mol. The number of unbranched alkanes of at least 4 members (excludes halogenated alkanes) is 2. The first kappa shape index (κ1) is 44.0. The lowest BCUT2D eigenvalue weighted by atomic mass is 9.76. The van der Waals surface area contributed by atoms with Gasteiger partial charge in [0.05, 0.1) is 32.7 Å². The molecule has 2 aliphatic heterocycles. The summed E-state index contributed by atoms with van der Waals surface area (Å²) in [5.74, 6) is -2.04. The van der Waals surface area contributed by atoms with Gasteiger partial charge in [0.25, 0.3) is 40.5 Å². The summed E-state index contributed by atoms with van der Waals surface area (Å²) in [4.78, 5) is 16.9. The van der Waals surface area contributed by atoms with Crippen molar-refractivity contribution in [2.45, 2.75) is 85.8 Å². The van der Waals surface area contributed by atoms with Crippen molar-refractivity contribution in [1.82, 2.24) is 0 Å². The first-order chi connectivity index (χ1) is 25.3. The molecule has 0 fully saturated rings. The predicted octanol–water partition coefficient (Wildman–Crippen LogP) is 5.28. The van der Waals surface area contributed by atoms with Gasteiger partial charge in [0.15, 0.2) is 0 Å². The Bertz CT molecular complexity index is 2390. The molecule has 4 rings (SSSR count). The highest BCUT2D eigenvalue weighted by Gasteiger charge is 2.44. The Morgan fingerprint density at radius 3 is 1.84 bits per heavy atom. The average molecular weight is 845 g/mol. The van der Waals surface area contributed by atoms with Gasteiger partial charge in [-0.3, -0.25) is 28.0 Å². The number of anilines is 1. The summed E-state index contributed by atoms with van der Waals surface area (Å²) < 4.78 is 133. The van der Waals surface area contributed by atoms with E-state index in [0.717, 1.165) is 0 Å². The maximum Gasteiger partial charge on any atom is 0.303 e. The van der Waals surface area contributed by atoms with Crippen LogP contribution in [0.1, 0.15) is 76.3 Å². The Labute approximate surface area is 321 Å². The van der Waals surface area contributed by atoms with E-state index >= 15 is 0 Å². The lowest BCUT2D eigenvalue weighted by molar-refractivity contribution is -0.137. The summed E-state index contributed by atoms with van der Waals surface area (Å²) in [5.41, 5.74) is 0.933. The van der Waals surface area contributed by atoms with Crippen molar-refractivity contribution in [3.63, 3.8) is 0 Å². The normalized spacial score (nSPS) is 21.1. The van der Waals surface area contributed by atoms with Crippen molar-refractivity contribution in [3.8, 4) is 0 Å². The smallest absolute Gasteiger partial charge is 0.303 e. The fourth-order valence-electron chi connectivity index (χ4n) is 7.08. The van der Waals surface area contributed by atoms with Gasteiger partial charge in [-0.25, -0.2) is 0 Å². The zero-order chi connectivity index (χ0) is 41.0. The number of benzene rings is 2. The van der Waals surface area contributed by atoms with Gasteiger partial charge in [-0.05, 0) is 112 Å². The van der Waals surface area contributed by atoms with E-state index in [1.807, 2.05) is 4.90 Å². The third kappa shape index (κ3) is 11.2. The lowest BCUT2D eigenvalue weighted by Crippen LogP contribution is -2.30. The van der Waals surface area contributed by atoms with Crippen LogP contribution in [0, 0.1) is 0 Å². The molecule has 0 saturated carbocycles. The summed E-state index contributed by atoms with van der Waals surface area (Å²) in [7, 11) is -17.8. The van der Waals surface area contributed by atoms with Gasteiger partial charge in [0.1, 0.15) is 0 Å². The molecule has 2 heterocycles. The molecule has 0 aliphatic carbocycles. The Morgan fingerprint density at radius 1 is 0.709 bits per heavy atom. The molecule has 16 nitrogen and oxygen atoms in total. The van der Waals surface area contributed by atoms with Crippen LogP contribution in [-0.4, -0.2) is 86.7 Å². The van der Waals surface area contributed by atoms with E-state index in [9.17, 15) is 56.7 Å². The number of aliphatic carboxylic acids is 1. The number of aliphatic imine (C=N–C) groups is 1. The SMILES string of the molecule is CC1(CCCS(=O)(=O)O)C(/C=C/C=C/C=C2/N(CCCCCC(=O)O)c3ccc(S(=O)(=O)O)cc3C2(C)CCCS(=O)(=O)O)=Nc2ccc(S(=O)(=O)O)cc21. The van der Waals surface area contributed by atoms with E-state index in [1.165, 1.54) is 36.4 Å². The number of hydrogen-bond acceptors (Lipinski definition) is 11. The molecule has 2 unspecified atom stereocenters. The summed E-state index contributed by atoms with van der Waals surface area (Å²) >= 11 is 0. The van der Waals surface area contributed by atoms with Crippen LogP contribution in [0.2, 0.25) is 0 Å². The molecule has 0 amide bonds. The van der Waals surface area contributed by atoms with E-state index in [0.29, 0.717) is 59.7 Å². The molecule has 0 saturated heterocycles. The van der Waals surface area contributed by atoms with Crippen LogP contribution < -0.4 is 4.90 Å². The first-order valence-corrected chi connectivity index (χ1v) is 23.2. The molecular formula is C35H44N2O14S4. The number of hydrogen-bond donors (Lipinski definition) is 5. The lowest BCUT2D eigenvalue weighted by Gasteiger charge is -2.30. The van der Waals surface area contributed by atoms with Gasteiger partial charge in [0, 0.05) is 35.2 Å². The highest BCUT2D eigenvalue weighted by atomic mass is 32.2. The summed E-state index contributed by atoms with van der Waals surface area (Å²) in [6.45, 7) is 3.89. The first-order valence-electron chi connectivity index (χ1n) is 17.1. The Balaban J connectivity index is 1.73. The average Bonchev–Trinajstić information content (AvgIpc) is 3.45. The van der Waals surface area contributed by atoms with Crippen LogP contribution in [0.5, 0.6) is 0 Å². The van der Waals surface area contributed by atoms with Crippen molar-refractivity contribution in [1.29, 1.82) is 0 Å². The Kier molecular flexibility index (Phi) is 13.4. The van der Waals surface area contributed by atoms with E-state index in [-0.39, 0.29) is 41.9 Å².